The van der Waals surface area contributed by atoms with E-state index in [0.29, 0.717) is 5.41 Å². The molecule has 1 heterocycles. The van der Waals surface area contributed by atoms with Crippen LogP contribution in [0.25, 0.3) is 0 Å². The summed E-state index contributed by atoms with van der Waals surface area (Å²) < 4.78 is 5.37. The van der Waals surface area contributed by atoms with E-state index in [9.17, 15) is 4.79 Å². The molecule has 4 heteroatoms. The molecular weight excluding hydrogens is 228 g/mol. The van der Waals surface area contributed by atoms with Gasteiger partial charge in [0.25, 0.3) is 0 Å². The van der Waals surface area contributed by atoms with Gasteiger partial charge in [-0.2, -0.15) is 0 Å². The first-order valence-corrected chi connectivity index (χ1v) is 7.06. The third-order valence-corrected chi connectivity index (χ3v) is 4.50. The van der Waals surface area contributed by atoms with E-state index in [1.165, 1.54) is 0 Å². The van der Waals surface area contributed by atoms with Crippen molar-refractivity contribution in [2.24, 2.45) is 11.3 Å². The first-order valence-electron chi connectivity index (χ1n) is 7.06. The zero-order valence-electron chi connectivity index (χ0n) is 11.8. The third kappa shape index (κ3) is 3.23. The molecule has 2 rings (SSSR count). The minimum absolute atomic E-state index is 0.119. The van der Waals surface area contributed by atoms with Crippen LogP contribution in [-0.2, 0) is 9.53 Å². The zero-order chi connectivity index (χ0) is 13.2. The number of amides is 1. The normalized spacial score (nSPS) is 32.4. The van der Waals surface area contributed by atoms with Gasteiger partial charge in [-0.1, -0.05) is 13.8 Å². The topological polar surface area (TPSA) is 50.4 Å². The maximum absolute atomic E-state index is 12.2. The number of nitrogens with one attached hydrogen (secondary N) is 2. The summed E-state index contributed by atoms with van der Waals surface area (Å²) in [5.74, 6) is 0.428. The summed E-state index contributed by atoms with van der Waals surface area (Å²) in [6.45, 7) is 6.24. The smallest absolute Gasteiger partial charge is 0.223 e. The molecule has 0 spiro atoms. The third-order valence-electron chi connectivity index (χ3n) is 4.50. The van der Waals surface area contributed by atoms with Crippen LogP contribution in [0.1, 0.15) is 39.5 Å². The molecule has 2 fully saturated rings. The summed E-state index contributed by atoms with van der Waals surface area (Å²) in [6.07, 6.45) is 4.48. The lowest BCUT2D eigenvalue weighted by Gasteiger charge is -2.34. The Morgan fingerprint density at radius 2 is 1.94 bits per heavy atom. The molecule has 1 aliphatic heterocycles. The van der Waals surface area contributed by atoms with Gasteiger partial charge in [-0.15, -0.1) is 0 Å². The second-order valence-corrected chi connectivity index (χ2v) is 6.49. The highest BCUT2D eigenvalue weighted by Crippen LogP contribution is 2.38. The quantitative estimate of drug-likeness (QED) is 0.798. The van der Waals surface area contributed by atoms with Gasteiger partial charge in [0.05, 0.1) is 12.1 Å². The number of ether oxygens (including phenoxy) is 1. The Hall–Kier alpha value is -0.610. The molecule has 2 aliphatic rings. The molecule has 0 aromatic carbocycles. The summed E-state index contributed by atoms with van der Waals surface area (Å²) in [7, 11) is 1.71. The minimum atomic E-state index is 0.119. The van der Waals surface area contributed by atoms with Crippen LogP contribution < -0.4 is 10.6 Å². The highest BCUT2D eigenvalue weighted by Gasteiger charge is 2.34. The molecule has 1 amide bonds. The van der Waals surface area contributed by atoms with Crippen molar-refractivity contribution >= 4 is 5.91 Å². The van der Waals surface area contributed by atoms with E-state index >= 15 is 0 Å². The van der Waals surface area contributed by atoms with Crippen molar-refractivity contribution in [2.45, 2.75) is 51.7 Å². The lowest BCUT2D eigenvalue weighted by atomic mass is 9.73. The fourth-order valence-corrected chi connectivity index (χ4v) is 3.01. The maximum atomic E-state index is 12.2. The van der Waals surface area contributed by atoms with Gasteiger partial charge in [0, 0.05) is 26.1 Å². The number of hydrogen-bond acceptors (Lipinski definition) is 3. The van der Waals surface area contributed by atoms with E-state index in [1.54, 1.807) is 7.11 Å². The van der Waals surface area contributed by atoms with E-state index in [0.717, 1.165) is 38.8 Å². The van der Waals surface area contributed by atoms with Crippen LogP contribution in [0.5, 0.6) is 0 Å². The van der Waals surface area contributed by atoms with Crippen molar-refractivity contribution in [2.75, 3.05) is 20.2 Å². The Morgan fingerprint density at radius 1 is 1.28 bits per heavy atom. The Labute approximate surface area is 110 Å². The molecule has 0 radical (unpaired) electrons. The van der Waals surface area contributed by atoms with Crippen molar-refractivity contribution < 1.29 is 9.53 Å². The number of rotatable bonds is 3. The van der Waals surface area contributed by atoms with Crippen LogP contribution in [0.15, 0.2) is 0 Å². The van der Waals surface area contributed by atoms with Crippen molar-refractivity contribution in [1.29, 1.82) is 0 Å². The molecule has 1 saturated carbocycles. The average molecular weight is 254 g/mol. The number of hydrogen-bond donors (Lipinski definition) is 2. The maximum Gasteiger partial charge on any atom is 0.223 e. The fourth-order valence-electron chi connectivity index (χ4n) is 3.01. The number of carbonyl (C=O) groups is 1. The van der Waals surface area contributed by atoms with Crippen LogP contribution in [0, 0.1) is 11.3 Å². The van der Waals surface area contributed by atoms with E-state index in [1.807, 2.05) is 0 Å². The Bertz CT molecular complexity index is 294. The summed E-state index contributed by atoms with van der Waals surface area (Å²) in [5, 5.41) is 6.41. The number of methoxy groups -OCH3 is 1. The van der Waals surface area contributed by atoms with Crippen LogP contribution in [0.3, 0.4) is 0 Å². The van der Waals surface area contributed by atoms with Crippen LogP contribution in [-0.4, -0.2) is 38.3 Å². The van der Waals surface area contributed by atoms with E-state index in [4.69, 9.17) is 4.74 Å². The standard InChI is InChI=1S/C14H26N2O2/c1-14(2)6-4-10(5-7-14)13(17)16-11-8-15-9-12(11)18-3/h10-12,15H,4-9H2,1-3H3,(H,16,17)/t11-,12-/m0/s1. The number of carbonyl (C=O) groups excluding carboxylic acids is 1. The van der Waals surface area contributed by atoms with E-state index in [2.05, 4.69) is 24.5 Å². The monoisotopic (exact) mass is 254 g/mol. The molecule has 104 valence electrons. The van der Waals surface area contributed by atoms with Crippen molar-refractivity contribution in [1.82, 2.24) is 10.6 Å². The largest absolute Gasteiger partial charge is 0.378 e. The van der Waals surface area contributed by atoms with Crippen LogP contribution in [0.2, 0.25) is 0 Å². The summed E-state index contributed by atoms with van der Waals surface area (Å²) >= 11 is 0. The van der Waals surface area contributed by atoms with Gasteiger partial charge >= 0.3 is 0 Å². The average Bonchev–Trinajstić information content (AvgIpc) is 2.76. The second-order valence-electron chi connectivity index (χ2n) is 6.49. The molecule has 0 unspecified atom stereocenters. The van der Waals surface area contributed by atoms with Crippen LogP contribution >= 0.6 is 0 Å². The van der Waals surface area contributed by atoms with Gasteiger partial charge in [0.15, 0.2) is 0 Å². The Balaban J connectivity index is 1.82. The van der Waals surface area contributed by atoms with Gasteiger partial charge in [-0.25, -0.2) is 0 Å². The van der Waals surface area contributed by atoms with E-state index in [-0.39, 0.29) is 24.0 Å². The van der Waals surface area contributed by atoms with Crippen molar-refractivity contribution in [3.05, 3.63) is 0 Å². The summed E-state index contributed by atoms with van der Waals surface area (Å²) in [6, 6.07) is 0.137. The SMILES string of the molecule is CO[C@H]1CNC[C@@H]1NC(=O)C1CCC(C)(C)CC1. The van der Waals surface area contributed by atoms with Gasteiger partial charge in [-0.3, -0.25) is 4.79 Å². The van der Waals surface area contributed by atoms with Gasteiger partial charge in [0.2, 0.25) is 5.91 Å². The van der Waals surface area contributed by atoms with Crippen molar-refractivity contribution in [3.63, 3.8) is 0 Å². The molecule has 2 atom stereocenters. The highest BCUT2D eigenvalue weighted by molar-refractivity contribution is 5.79. The second kappa shape index (κ2) is 5.57. The zero-order valence-corrected chi connectivity index (χ0v) is 11.8. The van der Waals surface area contributed by atoms with Crippen molar-refractivity contribution in [3.8, 4) is 0 Å². The summed E-state index contributed by atoms with van der Waals surface area (Å²) in [4.78, 5) is 12.2. The first-order chi connectivity index (χ1) is 8.52. The van der Waals surface area contributed by atoms with Gasteiger partial charge in [-0.05, 0) is 31.1 Å². The lowest BCUT2D eigenvalue weighted by Crippen LogP contribution is -2.46. The molecule has 1 saturated heterocycles. The molecule has 0 aromatic heterocycles. The fraction of sp³-hybridized carbons (Fsp3) is 0.929. The molecular formula is C14H26N2O2. The summed E-state index contributed by atoms with van der Waals surface area (Å²) in [5.41, 5.74) is 0.417. The lowest BCUT2D eigenvalue weighted by molar-refractivity contribution is -0.128. The minimum Gasteiger partial charge on any atom is -0.378 e. The van der Waals surface area contributed by atoms with Gasteiger partial charge < -0.3 is 15.4 Å². The van der Waals surface area contributed by atoms with Gasteiger partial charge in [0.1, 0.15) is 0 Å². The predicted octanol–water partition coefficient (Wildman–Crippen LogP) is 1.31. The predicted molar refractivity (Wildman–Crippen MR) is 71.3 cm³/mol. The molecule has 0 bridgehead atoms. The molecule has 0 aromatic rings. The van der Waals surface area contributed by atoms with Crippen LogP contribution in [0.4, 0.5) is 0 Å². The molecule has 4 nitrogen and oxygen atoms in total. The van der Waals surface area contributed by atoms with E-state index < -0.39 is 0 Å². The highest BCUT2D eigenvalue weighted by atomic mass is 16.5. The Kier molecular flexibility index (Phi) is 4.28. The molecule has 18 heavy (non-hydrogen) atoms. The molecule has 1 aliphatic carbocycles. The molecule has 2 N–H and O–H groups in total. The Morgan fingerprint density at radius 3 is 2.56 bits per heavy atom. The first kappa shape index (κ1) is 13.8.